The summed E-state index contributed by atoms with van der Waals surface area (Å²) in [7, 11) is 1.81. The average Bonchev–Trinajstić information content (AvgIpc) is 3.15. The molecule has 10 heteroatoms. The number of hydrogen-bond acceptors (Lipinski definition) is 5. The van der Waals surface area contributed by atoms with E-state index in [4.69, 9.17) is 23.2 Å². The highest BCUT2D eigenvalue weighted by Crippen LogP contribution is 2.35. The summed E-state index contributed by atoms with van der Waals surface area (Å²) in [4.78, 5) is 25.0. The van der Waals surface area contributed by atoms with Gasteiger partial charge in [0.25, 0.3) is 5.91 Å². The molecule has 3 rings (SSSR count). The van der Waals surface area contributed by atoms with Gasteiger partial charge in [-0.1, -0.05) is 60.9 Å². The summed E-state index contributed by atoms with van der Waals surface area (Å²) in [6, 6.07) is 12.1. The van der Waals surface area contributed by atoms with E-state index in [0.717, 1.165) is 5.56 Å². The van der Waals surface area contributed by atoms with Crippen LogP contribution in [-0.4, -0.2) is 38.9 Å². The minimum Gasteiger partial charge on any atom is -0.351 e. The molecule has 0 saturated carbocycles. The van der Waals surface area contributed by atoms with Crippen LogP contribution in [0.4, 0.5) is 5.69 Å². The van der Waals surface area contributed by atoms with E-state index < -0.39 is 5.41 Å². The highest BCUT2D eigenvalue weighted by molar-refractivity contribution is 7.99. The molecule has 0 spiro atoms. The molecule has 0 saturated heterocycles. The van der Waals surface area contributed by atoms with Crippen molar-refractivity contribution < 1.29 is 9.59 Å². The second-order valence-corrected chi connectivity index (χ2v) is 9.56. The number of nitrogens with one attached hydrogen (secondary N) is 2. The molecule has 0 atom stereocenters. The molecule has 1 aromatic heterocycles. The van der Waals surface area contributed by atoms with Crippen molar-refractivity contribution in [2.75, 3.05) is 17.6 Å². The van der Waals surface area contributed by atoms with Crippen molar-refractivity contribution in [3.8, 4) is 0 Å². The quantitative estimate of drug-likeness (QED) is 0.450. The van der Waals surface area contributed by atoms with Gasteiger partial charge in [0.1, 0.15) is 6.33 Å². The van der Waals surface area contributed by atoms with E-state index in [1.807, 2.05) is 20.9 Å². The number of anilines is 1. The molecule has 2 amide bonds. The van der Waals surface area contributed by atoms with Crippen molar-refractivity contribution in [2.45, 2.75) is 24.4 Å². The maximum atomic E-state index is 12.7. The van der Waals surface area contributed by atoms with E-state index in [9.17, 15) is 9.59 Å². The van der Waals surface area contributed by atoms with Crippen LogP contribution in [0.2, 0.25) is 10.0 Å². The largest absolute Gasteiger partial charge is 0.351 e. The van der Waals surface area contributed by atoms with E-state index in [-0.39, 0.29) is 17.6 Å². The normalized spacial score (nSPS) is 11.3. The molecule has 0 aliphatic heterocycles. The van der Waals surface area contributed by atoms with Crippen molar-refractivity contribution in [3.63, 3.8) is 0 Å². The fraction of sp³-hybridized carbons (Fsp3) is 0.273. The molecule has 0 radical (unpaired) electrons. The predicted molar refractivity (Wildman–Crippen MR) is 129 cm³/mol. The first-order valence-corrected chi connectivity index (χ1v) is 11.5. The Morgan fingerprint density at radius 3 is 2.47 bits per heavy atom. The first-order valence-electron chi connectivity index (χ1n) is 9.77. The van der Waals surface area contributed by atoms with Crippen molar-refractivity contribution in [3.05, 3.63) is 70.0 Å². The molecule has 1 heterocycles. The Labute approximate surface area is 200 Å². The van der Waals surface area contributed by atoms with Gasteiger partial charge in [0, 0.05) is 40.3 Å². The van der Waals surface area contributed by atoms with Crippen LogP contribution in [-0.2, 0) is 17.3 Å². The molecule has 0 aliphatic carbocycles. The van der Waals surface area contributed by atoms with E-state index >= 15 is 0 Å². The van der Waals surface area contributed by atoms with Crippen molar-refractivity contribution >= 4 is 52.5 Å². The third kappa shape index (κ3) is 6.03. The van der Waals surface area contributed by atoms with E-state index in [0.29, 0.717) is 33.0 Å². The Hall–Kier alpha value is -2.55. The van der Waals surface area contributed by atoms with Gasteiger partial charge in [-0.2, -0.15) is 0 Å². The number of aryl methyl sites for hydroxylation is 1. The van der Waals surface area contributed by atoms with Gasteiger partial charge in [0.05, 0.1) is 5.75 Å². The molecule has 0 bridgehead atoms. The number of nitrogens with zero attached hydrogens (tertiary/aromatic N) is 3. The number of rotatable bonds is 8. The van der Waals surface area contributed by atoms with Crippen LogP contribution in [0.15, 0.2) is 53.9 Å². The lowest BCUT2D eigenvalue weighted by Crippen LogP contribution is -2.37. The third-order valence-electron chi connectivity index (χ3n) is 4.74. The number of hydrogen-bond donors (Lipinski definition) is 2. The van der Waals surface area contributed by atoms with Crippen LogP contribution in [0, 0.1) is 0 Å². The van der Waals surface area contributed by atoms with Gasteiger partial charge < -0.3 is 15.2 Å². The summed E-state index contributed by atoms with van der Waals surface area (Å²) < 4.78 is 1.74. The summed E-state index contributed by atoms with van der Waals surface area (Å²) in [5.74, 6) is -0.286. The van der Waals surface area contributed by atoms with E-state index in [1.54, 1.807) is 53.4 Å². The number of aromatic nitrogens is 3. The maximum absolute atomic E-state index is 12.7. The van der Waals surface area contributed by atoms with Gasteiger partial charge in [-0.3, -0.25) is 9.59 Å². The monoisotopic (exact) mass is 491 g/mol. The minimum atomic E-state index is -0.478. The zero-order valence-electron chi connectivity index (χ0n) is 17.9. The van der Waals surface area contributed by atoms with Gasteiger partial charge in [-0.15, -0.1) is 10.2 Å². The van der Waals surface area contributed by atoms with Gasteiger partial charge in [0.2, 0.25) is 5.91 Å². The van der Waals surface area contributed by atoms with E-state index in [2.05, 4.69) is 20.8 Å². The van der Waals surface area contributed by atoms with Gasteiger partial charge in [-0.05, 0) is 35.9 Å². The smallest absolute Gasteiger partial charge is 0.251 e. The van der Waals surface area contributed by atoms with Crippen molar-refractivity contribution in [2.24, 2.45) is 7.05 Å². The van der Waals surface area contributed by atoms with Gasteiger partial charge in [-0.25, -0.2) is 0 Å². The SMILES string of the molecule is Cn1cnnc1SCC(=O)Nc1cccc(C(=O)NCC(C)(C)c2c(Cl)cccc2Cl)c1. The first kappa shape index (κ1) is 24.1. The van der Waals surface area contributed by atoms with Crippen LogP contribution in [0.5, 0.6) is 0 Å². The maximum Gasteiger partial charge on any atom is 0.251 e. The lowest BCUT2D eigenvalue weighted by atomic mass is 9.84. The summed E-state index contributed by atoms with van der Waals surface area (Å²) in [5.41, 5.74) is 1.28. The fourth-order valence-electron chi connectivity index (χ4n) is 3.10. The number of carbonyl (C=O) groups is 2. The molecular weight excluding hydrogens is 469 g/mol. The molecule has 0 fully saturated rings. The molecule has 32 heavy (non-hydrogen) atoms. The summed E-state index contributed by atoms with van der Waals surface area (Å²) in [6.07, 6.45) is 1.57. The summed E-state index contributed by atoms with van der Waals surface area (Å²) >= 11 is 13.9. The molecule has 3 aromatic rings. The Bertz CT molecular complexity index is 1110. The Balaban J connectivity index is 1.60. The second kappa shape index (κ2) is 10.4. The zero-order chi connectivity index (χ0) is 23.3. The fourth-order valence-corrected chi connectivity index (χ4v) is 4.70. The molecule has 0 unspecified atom stereocenters. The lowest BCUT2D eigenvalue weighted by Gasteiger charge is -2.27. The standard InChI is InChI=1S/C22H23Cl2N5O2S/c1-22(2,19-16(23)8-5-9-17(19)24)12-25-20(31)14-6-4-7-15(10-14)27-18(30)11-32-21-28-26-13-29(21)3/h4-10,13H,11-12H2,1-3H3,(H,25,31)(H,27,30). The molecular formula is C22H23Cl2N5O2S. The number of amides is 2. The summed E-state index contributed by atoms with van der Waals surface area (Å²) in [6.45, 7) is 4.26. The molecule has 0 aliphatic rings. The highest BCUT2D eigenvalue weighted by atomic mass is 35.5. The van der Waals surface area contributed by atoms with Crippen LogP contribution in [0.1, 0.15) is 29.8 Å². The number of carbonyl (C=O) groups excluding carboxylic acids is 2. The molecule has 2 aromatic carbocycles. The average molecular weight is 492 g/mol. The minimum absolute atomic E-state index is 0.176. The lowest BCUT2D eigenvalue weighted by molar-refractivity contribution is -0.113. The van der Waals surface area contributed by atoms with E-state index in [1.165, 1.54) is 11.8 Å². The highest BCUT2D eigenvalue weighted by Gasteiger charge is 2.27. The predicted octanol–water partition coefficient (Wildman–Crippen LogP) is 4.56. The topological polar surface area (TPSA) is 88.9 Å². The Morgan fingerprint density at radius 1 is 1.12 bits per heavy atom. The number of benzene rings is 2. The zero-order valence-corrected chi connectivity index (χ0v) is 20.2. The van der Waals surface area contributed by atoms with Crippen LogP contribution < -0.4 is 10.6 Å². The summed E-state index contributed by atoms with van der Waals surface area (Å²) in [5, 5.41) is 15.2. The first-order chi connectivity index (χ1) is 15.2. The second-order valence-electron chi connectivity index (χ2n) is 7.81. The number of halogens is 2. The Kier molecular flexibility index (Phi) is 7.82. The number of thioether (sulfide) groups is 1. The Morgan fingerprint density at radius 2 is 1.81 bits per heavy atom. The van der Waals surface area contributed by atoms with Gasteiger partial charge in [0.15, 0.2) is 5.16 Å². The molecule has 2 N–H and O–H groups in total. The van der Waals surface area contributed by atoms with Crippen LogP contribution >= 0.6 is 35.0 Å². The molecule has 168 valence electrons. The third-order valence-corrected chi connectivity index (χ3v) is 6.41. The molecule has 7 nitrogen and oxygen atoms in total. The van der Waals surface area contributed by atoms with Crippen LogP contribution in [0.3, 0.4) is 0 Å². The van der Waals surface area contributed by atoms with Crippen molar-refractivity contribution in [1.29, 1.82) is 0 Å². The van der Waals surface area contributed by atoms with Gasteiger partial charge >= 0.3 is 0 Å². The van der Waals surface area contributed by atoms with Crippen molar-refractivity contribution in [1.82, 2.24) is 20.1 Å². The van der Waals surface area contributed by atoms with Crippen LogP contribution in [0.25, 0.3) is 0 Å².